The molecule has 1 aliphatic heterocycles. The summed E-state index contributed by atoms with van der Waals surface area (Å²) in [5.74, 6) is -0.0482. The van der Waals surface area contributed by atoms with Gasteiger partial charge in [0.1, 0.15) is 5.69 Å². The van der Waals surface area contributed by atoms with Gasteiger partial charge in [0.15, 0.2) is 0 Å². The number of ether oxygens (including phenoxy) is 1. The molecule has 1 aromatic heterocycles. The maximum Gasteiger partial charge on any atom is 0.274 e. The number of nitrogens with two attached hydrogens (primary N) is 1. The Labute approximate surface area is 119 Å². The summed E-state index contributed by atoms with van der Waals surface area (Å²) in [6.45, 7) is 7.79. The van der Waals surface area contributed by atoms with E-state index in [1.54, 1.807) is 11.8 Å². The third-order valence-electron chi connectivity index (χ3n) is 4.11. The first-order valence-electron chi connectivity index (χ1n) is 7.09. The van der Waals surface area contributed by atoms with E-state index in [0.717, 1.165) is 19.4 Å². The highest BCUT2D eigenvalue weighted by molar-refractivity contribution is 5.98. The molecule has 6 nitrogen and oxygen atoms in total. The first-order chi connectivity index (χ1) is 9.41. The number of hydrogen-bond donors (Lipinski definition) is 1. The molecule has 20 heavy (non-hydrogen) atoms. The molecule has 6 heteroatoms. The Morgan fingerprint density at radius 1 is 1.55 bits per heavy atom. The van der Waals surface area contributed by atoms with Crippen molar-refractivity contribution in [2.24, 2.45) is 0 Å². The molecular weight excluding hydrogens is 256 g/mol. The van der Waals surface area contributed by atoms with E-state index in [2.05, 4.69) is 5.10 Å². The summed E-state index contributed by atoms with van der Waals surface area (Å²) in [6.07, 6.45) is 1.91. The predicted octanol–water partition coefficient (Wildman–Crippen LogP) is 1.43. The molecule has 0 aliphatic carbocycles. The molecule has 2 rings (SSSR count). The molecule has 2 heterocycles. The lowest BCUT2D eigenvalue weighted by Gasteiger charge is -2.39. The zero-order chi connectivity index (χ0) is 14.9. The molecule has 0 radical (unpaired) electrons. The van der Waals surface area contributed by atoms with Crippen LogP contribution in [0.3, 0.4) is 0 Å². The number of carbonyl (C=O) groups is 1. The molecular formula is C14H24N4O2. The van der Waals surface area contributed by atoms with Crippen LogP contribution in [0.1, 0.15) is 42.9 Å². The van der Waals surface area contributed by atoms with Crippen molar-refractivity contribution < 1.29 is 9.53 Å². The largest absolute Gasteiger partial charge is 0.395 e. The molecule has 112 valence electrons. The van der Waals surface area contributed by atoms with E-state index in [-0.39, 0.29) is 11.5 Å². The molecule has 1 fully saturated rings. The molecule has 1 amide bonds. The Kier molecular flexibility index (Phi) is 4.04. The number of aryl methyl sites for hydroxylation is 2. The summed E-state index contributed by atoms with van der Waals surface area (Å²) in [4.78, 5) is 14.6. The van der Waals surface area contributed by atoms with Gasteiger partial charge in [0.2, 0.25) is 0 Å². The quantitative estimate of drug-likeness (QED) is 0.909. The van der Waals surface area contributed by atoms with Crippen molar-refractivity contribution in [2.75, 3.05) is 25.9 Å². The Bertz CT molecular complexity index is 512. The second-order valence-corrected chi connectivity index (χ2v) is 5.65. The van der Waals surface area contributed by atoms with Gasteiger partial charge in [-0.3, -0.25) is 9.48 Å². The van der Waals surface area contributed by atoms with E-state index >= 15 is 0 Å². The summed E-state index contributed by atoms with van der Waals surface area (Å²) in [5, 5.41) is 4.31. The van der Waals surface area contributed by atoms with Crippen molar-refractivity contribution in [1.82, 2.24) is 14.7 Å². The number of amides is 1. The number of likely N-dealkylation sites (tertiary alicyclic amines) is 1. The molecule has 2 N–H and O–H groups in total. The third kappa shape index (κ3) is 2.52. The monoisotopic (exact) mass is 280 g/mol. The van der Waals surface area contributed by atoms with Crippen molar-refractivity contribution >= 4 is 11.6 Å². The highest BCUT2D eigenvalue weighted by Crippen LogP contribution is 2.26. The van der Waals surface area contributed by atoms with Crippen LogP contribution in [-0.2, 0) is 11.3 Å². The van der Waals surface area contributed by atoms with E-state index in [4.69, 9.17) is 10.5 Å². The van der Waals surface area contributed by atoms with Gasteiger partial charge in [0.05, 0.1) is 17.0 Å². The maximum atomic E-state index is 12.7. The van der Waals surface area contributed by atoms with Crippen LogP contribution in [0.4, 0.5) is 5.69 Å². The summed E-state index contributed by atoms with van der Waals surface area (Å²) >= 11 is 0. The Hall–Kier alpha value is -1.56. The van der Waals surface area contributed by atoms with Gasteiger partial charge in [-0.15, -0.1) is 0 Å². The second kappa shape index (κ2) is 5.44. The summed E-state index contributed by atoms with van der Waals surface area (Å²) in [5.41, 5.74) is 7.46. The fourth-order valence-corrected chi connectivity index (χ4v) is 2.75. The van der Waals surface area contributed by atoms with Crippen LogP contribution in [0.2, 0.25) is 0 Å². The zero-order valence-electron chi connectivity index (χ0n) is 12.8. The van der Waals surface area contributed by atoms with Crippen molar-refractivity contribution in [1.29, 1.82) is 0 Å². The molecule has 1 aliphatic rings. The highest BCUT2D eigenvalue weighted by atomic mass is 16.5. The van der Waals surface area contributed by atoms with Gasteiger partial charge in [-0.25, -0.2) is 0 Å². The Morgan fingerprint density at radius 2 is 2.25 bits per heavy atom. The van der Waals surface area contributed by atoms with Crippen molar-refractivity contribution in [3.63, 3.8) is 0 Å². The summed E-state index contributed by atoms with van der Waals surface area (Å²) < 4.78 is 7.23. The van der Waals surface area contributed by atoms with Crippen LogP contribution in [0, 0.1) is 6.92 Å². The van der Waals surface area contributed by atoms with Gasteiger partial charge in [0.25, 0.3) is 5.91 Å². The minimum atomic E-state index is -0.269. The number of aromatic nitrogens is 2. The minimum absolute atomic E-state index is 0.0482. The Morgan fingerprint density at radius 3 is 2.85 bits per heavy atom. The lowest BCUT2D eigenvalue weighted by molar-refractivity contribution is -0.0442. The number of carbonyl (C=O) groups excluding carboxylic acids is 1. The molecule has 0 bridgehead atoms. The number of anilines is 1. The van der Waals surface area contributed by atoms with Crippen LogP contribution in [0.25, 0.3) is 0 Å². The first-order valence-corrected chi connectivity index (χ1v) is 7.09. The van der Waals surface area contributed by atoms with E-state index in [1.165, 1.54) is 0 Å². The second-order valence-electron chi connectivity index (χ2n) is 5.65. The van der Waals surface area contributed by atoms with Crippen LogP contribution in [-0.4, -0.2) is 46.4 Å². The average Bonchev–Trinajstić information content (AvgIpc) is 2.73. The van der Waals surface area contributed by atoms with Gasteiger partial charge in [-0.1, -0.05) is 0 Å². The van der Waals surface area contributed by atoms with Crippen LogP contribution >= 0.6 is 0 Å². The molecule has 0 aromatic carbocycles. The Balaban J connectivity index is 2.27. The lowest BCUT2D eigenvalue weighted by Crippen LogP contribution is -2.50. The standard InChI is InChI=1S/C14H24N4O2/c1-5-18-12(11(15)10(2)16-18)13(19)17-8-6-7-14(3,9-17)20-4/h5-9,15H2,1-4H3. The number of nitrogen functional groups attached to an aromatic ring is 1. The van der Waals surface area contributed by atoms with E-state index in [1.807, 2.05) is 25.7 Å². The first kappa shape index (κ1) is 14.8. The van der Waals surface area contributed by atoms with Gasteiger partial charge in [-0.05, 0) is 33.6 Å². The smallest absolute Gasteiger partial charge is 0.274 e. The molecule has 1 aromatic rings. The zero-order valence-corrected chi connectivity index (χ0v) is 12.8. The average molecular weight is 280 g/mol. The number of nitrogens with zero attached hydrogens (tertiary/aromatic N) is 3. The van der Waals surface area contributed by atoms with Gasteiger partial charge in [-0.2, -0.15) is 5.10 Å². The fraction of sp³-hybridized carbons (Fsp3) is 0.714. The molecule has 1 unspecified atom stereocenters. The topological polar surface area (TPSA) is 73.4 Å². The fourth-order valence-electron chi connectivity index (χ4n) is 2.75. The third-order valence-corrected chi connectivity index (χ3v) is 4.11. The van der Waals surface area contributed by atoms with Gasteiger partial charge < -0.3 is 15.4 Å². The van der Waals surface area contributed by atoms with Gasteiger partial charge in [0, 0.05) is 26.7 Å². The lowest BCUT2D eigenvalue weighted by atomic mass is 9.94. The van der Waals surface area contributed by atoms with E-state index in [0.29, 0.717) is 30.2 Å². The van der Waals surface area contributed by atoms with Crippen LogP contribution in [0.5, 0.6) is 0 Å². The van der Waals surface area contributed by atoms with Gasteiger partial charge >= 0.3 is 0 Å². The normalized spacial score (nSPS) is 23.1. The number of rotatable bonds is 3. The van der Waals surface area contributed by atoms with E-state index < -0.39 is 0 Å². The van der Waals surface area contributed by atoms with Crippen LogP contribution in [0.15, 0.2) is 0 Å². The molecule has 0 spiro atoms. The van der Waals surface area contributed by atoms with E-state index in [9.17, 15) is 4.79 Å². The number of methoxy groups -OCH3 is 1. The molecule has 0 saturated carbocycles. The summed E-state index contributed by atoms with van der Waals surface area (Å²) in [6, 6.07) is 0. The summed E-state index contributed by atoms with van der Waals surface area (Å²) in [7, 11) is 1.70. The molecule has 1 saturated heterocycles. The van der Waals surface area contributed by atoms with Crippen LogP contribution < -0.4 is 5.73 Å². The minimum Gasteiger partial charge on any atom is -0.395 e. The maximum absolute atomic E-state index is 12.7. The molecule has 1 atom stereocenters. The van der Waals surface area contributed by atoms with Crippen molar-refractivity contribution in [2.45, 2.75) is 45.8 Å². The number of piperidine rings is 1. The van der Waals surface area contributed by atoms with Crippen molar-refractivity contribution in [3.05, 3.63) is 11.4 Å². The highest BCUT2D eigenvalue weighted by Gasteiger charge is 2.35. The number of hydrogen-bond acceptors (Lipinski definition) is 4. The SMILES string of the molecule is CCn1nc(C)c(N)c1C(=O)N1CCCC(C)(OC)C1. The van der Waals surface area contributed by atoms with Crippen molar-refractivity contribution in [3.8, 4) is 0 Å². The predicted molar refractivity (Wildman–Crippen MR) is 77.6 cm³/mol.